The molecule has 2 N–H and O–H groups in total. The molecule has 0 spiro atoms. The Balaban J connectivity index is 1.19. The van der Waals surface area contributed by atoms with E-state index in [2.05, 4.69) is 25.3 Å². The molecule has 41 heavy (non-hydrogen) atoms. The predicted molar refractivity (Wildman–Crippen MR) is 154 cm³/mol. The predicted octanol–water partition coefficient (Wildman–Crippen LogP) is 5.01. The molecule has 3 aliphatic rings. The number of aromatic nitrogens is 3. The first-order chi connectivity index (χ1) is 19.9. The number of fused-ring (bicyclic) bond motifs is 2. The Hall–Kier alpha value is -4.77. The molecule has 6 rings (SSSR count). The van der Waals surface area contributed by atoms with Gasteiger partial charge in [0.15, 0.2) is 11.5 Å². The molecule has 0 amide bonds. The van der Waals surface area contributed by atoms with Crippen molar-refractivity contribution in [3.8, 4) is 17.4 Å². The standard InChI is InChI=1S/C30H29FN6O4/c1-37-15-21(17-4-6-18(31)7-5-17)28(38)27-23(37)10-11-32-29(27)36-26-9-8-19(14-33-26)41-30-20-12-24(39-2)25(40-3)13-22(20)34-16-35-30/h4,6-7,9-17,19,28,38H,5,8H2,1-3H3,(H,32,36). The third-order valence-electron chi connectivity index (χ3n) is 7.30. The average molecular weight is 557 g/mol. The number of hydrogen-bond donors (Lipinski definition) is 2. The van der Waals surface area contributed by atoms with Crippen molar-refractivity contribution in [2.75, 3.05) is 31.5 Å². The number of allylic oxidation sites excluding steroid dienone is 4. The molecular weight excluding hydrogens is 527 g/mol. The molecule has 4 heterocycles. The first-order valence-electron chi connectivity index (χ1n) is 13.1. The van der Waals surface area contributed by atoms with Crippen LogP contribution in [-0.4, -0.2) is 53.6 Å². The van der Waals surface area contributed by atoms with E-state index < -0.39 is 6.10 Å². The van der Waals surface area contributed by atoms with Crippen molar-refractivity contribution in [1.82, 2.24) is 15.0 Å². The Morgan fingerprint density at radius 2 is 1.90 bits per heavy atom. The highest BCUT2D eigenvalue weighted by Crippen LogP contribution is 2.44. The second-order valence-corrected chi connectivity index (χ2v) is 9.81. The van der Waals surface area contributed by atoms with Crippen LogP contribution in [0.15, 0.2) is 83.4 Å². The second kappa shape index (κ2) is 11.0. The van der Waals surface area contributed by atoms with Crippen LogP contribution < -0.4 is 24.4 Å². The fraction of sp³-hybridized carbons (Fsp3) is 0.267. The molecule has 3 aromatic rings. The van der Waals surface area contributed by atoms with Crippen molar-refractivity contribution < 1.29 is 23.7 Å². The minimum Gasteiger partial charge on any atom is -0.493 e. The van der Waals surface area contributed by atoms with Gasteiger partial charge in [0.05, 0.1) is 36.4 Å². The summed E-state index contributed by atoms with van der Waals surface area (Å²) < 4.78 is 30.5. The number of rotatable bonds is 7. The van der Waals surface area contributed by atoms with Crippen LogP contribution in [0, 0.1) is 5.92 Å². The van der Waals surface area contributed by atoms with E-state index in [9.17, 15) is 9.50 Å². The van der Waals surface area contributed by atoms with E-state index >= 15 is 0 Å². The molecular formula is C30H29FN6O4. The largest absolute Gasteiger partial charge is 0.493 e. The molecule has 3 atom stereocenters. The van der Waals surface area contributed by atoms with E-state index in [1.54, 1.807) is 44.8 Å². The van der Waals surface area contributed by atoms with Gasteiger partial charge in [-0.2, -0.15) is 0 Å². The van der Waals surface area contributed by atoms with Gasteiger partial charge in [0, 0.05) is 44.1 Å². The number of nitrogens with zero attached hydrogens (tertiary/aromatic N) is 5. The monoisotopic (exact) mass is 556 g/mol. The van der Waals surface area contributed by atoms with Gasteiger partial charge in [-0.25, -0.2) is 24.3 Å². The Kier molecular flexibility index (Phi) is 7.10. The molecule has 2 aliphatic heterocycles. The molecule has 0 radical (unpaired) electrons. The van der Waals surface area contributed by atoms with Crippen LogP contribution >= 0.6 is 0 Å². The number of ether oxygens (including phenoxy) is 3. The maximum atomic E-state index is 13.6. The molecule has 0 saturated heterocycles. The Labute approximate surface area is 236 Å². The molecule has 1 aliphatic carbocycles. The summed E-state index contributed by atoms with van der Waals surface area (Å²) in [5, 5.41) is 15.4. The minimum atomic E-state index is -0.910. The number of methoxy groups -OCH3 is 2. The highest BCUT2D eigenvalue weighted by Gasteiger charge is 2.32. The lowest BCUT2D eigenvalue weighted by Crippen LogP contribution is -2.26. The lowest BCUT2D eigenvalue weighted by atomic mass is 9.84. The third-order valence-corrected chi connectivity index (χ3v) is 7.30. The van der Waals surface area contributed by atoms with Crippen LogP contribution in [0.1, 0.15) is 24.5 Å². The molecule has 210 valence electrons. The smallest absolute Gasteiger partial charge is 0.225 e. The topological polar surface area (TPSA) is 114 Å². The van der Waals surface area contributed by atoms with Gasteiger partial charge in [-0.3, -0.25) is 0 Å². The number of aliphatic hydroxyl groups excluding tert-OH is 1. The van der Waals surface area contributed by atoms with Crippen LogP contribution in [0.3, 0.4) is 0 Å². The zero-order valence-corrected chi connectivity index (χ0v) is 22.8. The summed E-state index contributed by atoms with van der Waals surface area (Å²) in [6.45, 7) is 0. The maximum absolute atomic E-state index is 13.6. The fourth-order valence-electron chi connectivity index (χ4n) is 5.19. The summed E-state index contributed by atoms with van der Waals surface area (Å²) in [6.07, 6.45) is 13.1. The summed E-state index contributed by atoms with van der Waals surface area (Å²) in [4.78, 5) is 19.7. The van der Waals surface area contributed by atoms with Gasteiger partial charge in [-0.05, 0) is 42.4 Å². The van der Waals surface area contributed by atoms with E-state index in [0.29, 0.717) is 58.3 Å². The first-order valence-corrected chi connectivity index (χ1v) is 13.1. The Morgan fingerprint density at radius 1 is 1.07 bits per heavy atom. The number of nitrogens with one attached hydrogen (secondary N) is 1. The Bertz CT molecular complexity index is 1650. The zero-order valence-electron chi connectivity index (χ0n) is 22.8. The van der Waals surface area contributed by atoms with E-state index in [1.807, 2.05) is 30.3 Å². The molecule has 0 saturated carbocycles. The molecule has 2 aromatic heterocycles. The van der Waals surface area contributed by atoms with Crippen molar-refractivity contribution in [3.63, 3.8) is 0 Å². The highest BCUT2D eigenvalue weighted by atomic mass is 19.1. The lowest BCUT2D eigenvalue weighted by Gasteiger charge is -2.34. The lowest BCUT2D eigenvalue weighted by molar-refractivity contribution is 0.203. The van der Waals surface area contributed by atoms with Gasteiger partial charge >= 0.3 is 0 Å². The van der Waals surface area contributed by atoms with E-state index in [0.717, 1.165) is 11.3 Å². The maximum Gasteiger partial charge on any atom is 0.225 e. The molecule has 1 aromatic carbocycles. The Morgan fingerprint density at radius 3 is 2.63 bits per heavy atom. The van der Waals surface area contributed by atoms with Crippen molar-refractivity contribution in [1.29, 1.82) is 0 Å². The molecule has 0 bridgehead atoms. The normalized spacial score (nSPS) is 21.5. The molecule has 10 nitrogen and oxygen atoms in total. The van der Waals surface area contributed by atoms with Gasteiger partial charge in [-0.1, -0.05) is 6.08 Å². The SMILES string of the molecule is COc1cc2ncnc(OC3C=NC(Nc4nccc5c4C(O)C(C4C=CC(F)=CC4)=CN5C)=CC3)c2cc1OC. The summed E-state index contributed by atoms with van der Waals surface area (Å²) in [7, 11) is 5.06. The number of anilines is 2. The van der Waals surface area contributed by atoms with E-state index in [-0.39, 0.29) is 17.8 Å². The quantitative estimate of drug-likeness (QED) is 0.414. The van der Waals surface area contributed by atoms with Gasteiger partial charge in [0.2, 0.25) is 5.88 Å². The van der Waals surface area contributed by atoms with E-state index in [4.69, 9.17) is 14.2 Å². The number of aliphatic hydroxyl groups is 1. The van der Waals surface area contributed by atoms with Crippen molar-refractivity contribution in [2.24, 2.45) is 10.9 Å². The second-order valence-electron chi connectivity index (χ2n) is 9.81. The van der Waals surface area contributed by atoms with Crippen molar-refractivity contribution in [2.45, 2.75) is 25.0 Å². The zero-order chi connectivity index (χ0) is 28.5. The molecule has 0 fully saturated rings. The third kappa shape index (κ3) is 5.11. The summed E-state index contributed by atoms with van der Waals surface area (Å²) in [5.74, 6) is 2.24. The number of pyridine rings is 1. The van der Waals surface area contributed by atoms with Gasteiger partial charge < -0.3 is 29.5 Å². The van der Waals surface area contributed by atoms with Gasteiger partial charge in [-0.15, -0.1) is 0 Å². The number of hydrogen-bond acceptors (Lipinski definition) is 10. The van der Waals surface area contributed by atoms with Gasteiger partial charge in [0.1, 0.15) is 36.0 Å². The van der Waals surface area contributed by atoms with Crippen LogP contribution in [0.2, 0.25) is 0 Å². The average Bonchev–Trinajstić information content (AvgIpc) is 3.00. The molecule has 11 heteroatoms. The molecule has 3 unspecified atom stereocenters. The summed E-state index contributed by atoms with van der Waals surface area (Å²) in [5.41, 5.74) is 2.91. The number of aliphatic imine (C=N–C) groups is 1. The van der Waals surface area contributed by atoms with Crippen molar-refractivity contribution in [3.05, 3.63) is 84.0 Å². The highest BCUT2D eigenvalue weighted by molar-refractivity contribution is 5.87. The van der Waals surface area contributed by atoms with Crippen LogP contribution in [-0.2, 0) is 0 Å². The van der Waals surface area contributed by atoms with Crippen LogP contribution in [0.4, 0.5) is 15.9 Å². The van der Waals surface area contributed by atoms with Gasteiger partial charge in [0.25, 0.3) is 0 Å². The van der Waals surface area contributed by atoms with Crippen LogP contribution in [0.5, 0.6) is 17.4 Å². The van der Waals surface area contributed by atoms with Crippen molar-refractivity contribution >= 4 is 28.6 Å². The number of halogens is 1. The minimum absolute atomic E-state index is 0.114. The van der Waals surface area contributed by atoms with E-state index in [1.165, 1.54) is 18.5 Å². The summed E-state index contributed by atoms with van der Waals surface area (Å²) in [6, 6.07) is 5.42. The fourth-order valence-corrected chi connectivity index (χ4v) is 5.19. The number of benzene rings is 1. The first kappa shape index (κ1) is 26.5. The summed E-state index contributed by atoms with van der Waals surface area (Å²) >= 11 is 0. The van der Waals surface area contributed by atoms with Crippen LogP contribution in [0.25, 0.3) is 10.9 Å².